The van der Waals surface area contributed by atoms with Gasteiger partial charge in [-0.3, -0.25) is 0 Å². The van der Waals surface area contributed by atoms with E-state index in [-0.39, 0.29) is 35.9 Å². The topological polar surface area (TPSA) is 27.7 Å². The molecule has 184 valence electrons. The minimum absolute atomic E-state index is 0.112. The largest absolute Gasteiger partial charge is 0.491 e. The van der Waals surface area contributed by atoms with Crippen LogP contribution in [0.5, 0.6) is 5.75 Å². The van der Waals surface area contributed by atoms with Gasteiger partial charge in [-0.15, -0.1) is 0 Å². The first-order valence-corrected chi connectivity index (χ1v) is 11.9. The molecule has 0 aliphatic carbocycles. The van der Waals surface area contributed by atoms with Crippen LogP contribution in [0.3, 0.4) is 0 Å². The van der Waals surface area contributed by atoms with Crippen molar-refractivity contribution in [2.75, 3.05) is 19.8 Å². The Balaban J connectivity index is 1.45. The zero-order valence-corrected chi connectivity index (χ0v) is 19.9. The molecule has 3 nitrogen and oxygen atoms in total. The third-order valence-electron chi connectivity index (χ3n) is 6.09. The average molecular weight is 483 g/mol. The van der Waals surface area contributed by atoms with Crippen LogP contribution >= 0.6 is 0 Å². The molecule has 1 aliphatic heterocycles. The number of hydrogen-bond donors (Lipinski definition) is 0. The molecule has 1 saturated heterocycles. The Morgan fingerprint density at radius 1 is 0.886 bits per heavy atom. The Hall–Kier alpha value is -3.09. The molecule has 1 fully saturated rings. The Kier molecular flexibility index (Phi) is 8.26. The second-order valence-corrected chi connectivity index (χ2v) is 8.43. The summed E-state index contributed by atoms with van der Waals surface area (Å²) in [6.07, 6.45) is 5.47. The number of halogens is 3. The molecule has 3 aromatic carbocycles. The summed E-state index contributed by atoms with van der Waals surface area (Å²) in [4.78, 5) is 0. The van der Waals surface area contributed by atoms with E-state index in [1.165, 1.54) is 18.2 Å². The van der Waals surface area contributed by atoms with Crippen molar-refractivity contribution in [3.8, 4) is 28.0 Å². The molecule has 35 heavy (non-hydrogen) atoms. The normalized spacial score (nSPS) is 18.2. The highest BCUT2D eigenvalue weighted by Gasteiger charge is 2.25. The van der Waals surface area contributed by atoms with Gasteiger partial charge in [0.1, 0.15) is 5.82 Å². The molecule has 0 bridgehead atoms. The molecule has 0 aromatic heterocycles. The molecule has 0 amide bonds. The fourth-order valence-electron chi connectivity index (χ4n) is 4.19. The van der Waals surface area contributed by atoms with Crippen molar-refractivity contribution < 1.29 is 27.4 Å². The van der Waals surface area contributed by atoms with Gasteiger partial charge >= 0.3 is 0 Å². The molecule has 0 spiro atoms. The fourth-order valence-corrected chi connectivity index (χ4v) is 4.19. The Morgan fingerprint density at radius 2 is 1.57 bits per heavy atom. The third-order valence-corrected chi connectivity index (χ3v) is 6.09. The lowest BCUT2D eigenvalue weighted by molar-refractivity contribution is -0.189. The highest BCUT2D eigenvalue weighted by atomic mass is 19.2. The molecule has 1 aliphatic rings. The van der Waals surface area contributed by atoms with Gasteiger partial charge in [-0.2, -0.15) is 4.39 Å². The minimum atomic E-state index is -1.01. The second kappa shape index (κ2) is 11.6. The molecule has 0 N–H and O–H groups in total. The van der Waals surface area contributed by atoms with Gasteiger partial charge in [0.05, 0.1) is 19.8 Å². The summed E-state index contributed by atoms with van der Waals surface area (Å²) >= 11 is 0. The number of allylic oxidation sites excluding steroid dienone is 2. The summed E-state index contributed by atoms with van der Waals surface area (Å²) in [6, 6.07) is 14.9. The van der Waals surface area contributed by atoms with Crippen molar-refractivity contribution in [3.63, 3.8) is 0 Å². The third kappa shape index (κ3) is 5.77. The summed E-state index contributed by atoms with van der Waals surface area (Å²) in [5.74, 6) is -2.57. The van der Waals surface area contributed by atoms with Gasteiger partial charge in [-0.25, -0.2) is 8.78 Å². The first-order chi connectivity index (χ1) is 17.0. The first kappa shape index (κ1) is 25.0. The van der Waals surface area contributed by atoms with Crippen molar-refractivity contribution >= 4 is 0 Å². The molecule has 4 rings (SSSR count). The summed E-state index contributed by atoms with van der Waals surface area (Å²) < 4.78 is 60.4. The predicted octanol–water partition coefficient (Wildman–Crippen LogP) is 7.65. The summed E-state index contributed by atoms with van der Waals surface area (Å²) in [7, 11) is 0. The van der Waals surface area contributed by atoms with Crippen LogP contribution in [0.2, 0.25) is 0 Å². The van der Waals surface area contributed by atoms with Crippen LogP contribution in [0.25, 0.3) is 22.3 Å². The standard InChI is InChI=1S/C29H29F3O3/c1-3-5-6-7-27-34-17-22(18-35-27)23-13-12-21(16-25(23)30)19-8-10-20(11-9-19)24-14-15-26(33-4-2)29(32)28(24)31/h3,5,8-16,22,27H,4,6-7,17-18H2,1-2H3/b5-3+. The van der Waals surface area contributed by atoms with Crippen LogP contribution in [-0.4, -0.2) is 26.1 Å². The van der Waals surface area contributed by atoms with Gasteiger partial charge in [-0.05, 0) is 60.7 Å². The van der Waals surface area contributed by atoms with E-state index < -0.39 is 11.6 Å². The van der Waals surface area contributed by atoms with Crippen molar-refractivity contribution in [1.29, 1.82) is 0 Å². The van der Waals surface area contributed by atoms with Crippen LogP contribution in [0, 0.1) is 17.5 Å². The SMILES string of the molecule is C/C=C/CCC1OCC(c2ccc(-c3ccc(-c4ccc(OCC)c(F)c4F)cc3)cc2F)CO1. The molecular weight excluding hydrogens is 453 g/mol. The summed E-state index contributed by atoms with van der Waals surface area (Å²) in [5.41, 5.74) is 2.68. The Morgan fingerprint density at radius 3 is 2.23 bits per heavy atom. The first-order valence-electron chi connectivity index (χ1n) is 11.9. The predicted molar refractivity (Wildman–Crippen MR) is 131 cm³/mol. The molecule has 6 heteroatoms. The van der Waals surface area contributed by atoms with E-state index in [0.717, 1.165) is 18.4 Å². The smallest absolute Gasteiger partial charge is 0.201 e. The average Bonchev–Trinajstić information content (AvgIpc) is 2.88. The molecule has 3 aromatic rings. The van der Waals surface area contributed by atoms with Gasteiger partial charge < -0.3 is 14.2 Å². The summed E-state index contributed by atoms with van der Waals surface area (Å²) in [5, 5.41) is 0. The van der Waals surface area contributed by atoms with E-state index in [1.54, 1.807) is 37.3 Å². The summed E-state index contributed by atoms with van der Waals surface area (Å²) in [6.45, 7) is 4.75. The van der Waals surface area contributed by atoms with Crippen LogP contribution in [0.1, 0.15) is 38.2 Å². The maximum Gasteiger partial charge on any atom is 0.201 e. The highest BCUT2D eigenvalue weighted by Crippen LogP contribution is 2.33. The molecule has 1 heterocycles. The van der Waals surface area contributed by atoms with Crippen molar-refractivity contribution in [3.05, 3.63) is 89.8 Å². The van der Waals surface area contributed by atoms with Crippen LogP contribution in [-0.2, 0) is 9.47 Å². The lowest BCUT2D eigenvalue weighted by atomic mass is 9.95. The quantitative estimate of drug-likeness (QED) is 0.309. The van der Waals surface area contributed by atoms with Gasteiger partial charge in [0.2, 0.25) is 5.82 Å². The van der Waals surface area contributed by atoms with Crippen LogP contribution in [0.4, 0.5) is 13.2 Å². The minimum Gasteiger partial charge on any atom is -0.491 e. The van der Waals surface area contributed by atoms with E-state index in [4.69, 9.17) is 14.2 Å². The number of hydrogen-bond acceptors (Lipinski definition) is 3. The molecule has 0 unspecified atom stereocenters. The highest BCUT2D eigenvalue weighted by molar-refractivity contribution is 5.71. The van der Waals surface area contributed by atoms with Crippen LogP contribution in [0.15, 0.2) is 66.7 Å². The number of benzene rings is 3. The molecule has 0 atom stereocenters. The molecular formula is C29H29F3O3. The number of ether oxygens (including phenoxy) is 3. The zero-order chi connectivity index (χ0) is 24.8. The van der Waals surface area contributed by atoms with Crippen molar-refractivity contribution in [2.24, 2.45) is 0 Å². The Bertz CT molecular complexity index is 1170. The lowest BCUT2D eigenvalue weighted by Crippen LogP contribution is -2.31. The molecule has 0 radical (unpaired) electrons. The number of rotatable bonds is 8. The maximum atomic E-state index is 15.0. The van der Waals surface area contributed by atoms with Crippen LogP contribution < -0.4 is 4.74 Å². The monoisotopic (exact) mass is 482 g/mol. The lowest BCUT2D eigenvalue weighted by Gasteiger charge is -2.29. The molecule has 0 saturated carbocycles. The van der Waals surface area contributed by atoms with Gasteiger partial charge in [0, 0.05) is 17.9 Å². The van der Waals surface area contributed by atoms with E-state index >= 15 is 0 Å². The van der Waals surface area contributed by atoms with E-state index in [9.17, 15) is 13.2 Å². The van der Waals surface area contributed by atoms with E-state index in [1.807, 2.05) is 19.1 Å². The van der Waals surface area contributed by atoms with Gasteiger partial charge in [-0.1, -0.05) is 48.6 Å². The van der Waals surface area contributed by atoms with Crippen molar-refractivity contribution in [2.45, 2.75) is 38.9 Å². The van der Waals surface area contributed by atoms with Gasteiger partial charge in [0.25, 0.3) is 0 Å². The van der Waals surface area contributed by atoms with E-state index in [0.29, 0.717) is 29.9 Å². The van der Waals surface area contributed by atoms with Gasteiger partial charge in [0.15, 0.2) is 17.9 Å². The van der Waals surface area contributed by atoms with E-state index in [2.05, 4.69) is 6.08 Å². The zero-order valence-electron chi connectivity index (χ0n) is 19.9. The maximum absolute atomic E-state index is 15.0. The fraction of sp³-hybridized carbons (Fsp3) is 0.310. The van der Waals surface area contributed by atoms with Crippen molar-refractivity contribution in [1.82, 2.24) is 0 Å². The second-order valence-electron chi connectivity index (χ2n) is 8.43. The Labute approximate surface area is 204 Å².